The van der Waals surface area contributed by atoms with E-state index >= 15 is 0 Å². The Labute approximate surface area is 75.2 Å². The molecule has 7 nitrogen and oxygen atoms in total. The van der Waals surface area contributed by atoms with Crippen LogP contribution >= 0.6 is 0 Å². The van der Waals surface area contributed by atoms with Gasteiger partial charge in [0.05, 0.1) is 0 Å². The van der Waals surface area contributed by atoms with Crippen molar-refractivity contribution in [2.75, 3.05) is 0 Å². The Morgan fingerprint density at radius 1 is 1.23 bits per heavy atom. The van der Waals surface area contributed by atoms with Crippen LogP contribution in [0.2, 0.25) is 0 Å². The predicted molar refractivity (Wildman–Crippen MR) is 42.9 cm³/mol. The van der Waals surface area contributed by atoms with Gasteiger partial charge in [0.15, 0.2) is 0 Å². The highest BCUT2D eigenvalue weighted by atomic mass is 17.2. The molecule has 0 aromatic rings. The van der Waals surface area contributed by atoms with Gasteiger partial charge in [-0.3, -0.25) is 0 Å². The van der Waals surface area contributed by atoms with E-state index < -0.39 is 0 Å². The molecule has 0 aromatic heterocycles. The third-order valence-corrected chi connectivity index (χ3v) is 1.72. The SMILES string of the molecule is N=NN=NN=COOC1CCCC1. The summed E-state index contributed by atoms with van der Waals surface area (Å²) < 4.78 is 0. The fourth-order valence-corrected chi connectivity index (χ4v) is 1.17. The Bertz CT molecular complexity index is 199. The Balaban J connectivity index is 2.02. The lowest BCUT2D eigenvalue weighted by atomic mass is 10.3. The molecule has 0 aliphatic heterocycles. The minimum absolute atomic E-state index is 0.171. The van der Waals surface area contributed by atoms with Crippen molar-refractivity contribution in [3.63, 3.8) is 0 Å². The van der Waals surface area contributed by atoms with Gasteiger partial charge in [0.25, 0.3) is 0 Å². The summed E-state index contributed by atoms with van der Waals surface area (Å²) in [5.41, 5.74) is 6.24. The van der Waals surface area contributed by atoms with Crippen molar-refractivity contribution in [1.82, 2.24) is 0 Å². The molecule has 0 aromatic carbocycles. The summed E-state index contributed by atoms with van der Waals surface area (Å²) in [5.74, 6) is 0. The zero-order valence-corrected chi connectivity index (χ0v) is 7.09. The maximum absolute atomic E-state index is 6.24. The van der Waals surface area contributed by atoms with Crippen LogP contribution in [-0.2, 0) is 9.78 Å². The van der Waals surface area contributed by atoms with Gasteiger partial charge in [0.2, 0.25) is 6.40 Å². The summed E-state index contributed by atoms with van der Waals surface area (Å²) in [6.07, 6.45) is 5.61. The maximum Gasteiger partial charge on any atom is 0.241 e. The Morgan fingerprint density at radius 3 is 2.69 bits per heavy atom. The van der Waals surface area contributed by atoms with Gasteiger partial charge in [-0.1, -0.05) is 17.9 Å². The lowest BCUT2D eigenvalue weighted by Crippen LogP contribution is -2.06. The lowest BCUT2D eigenvalue weighted by Gasteiger charge is -2.05. The molecule has 0 unspecified atom stereocenters. The molecule has 1 rings (SSSR count). The van der Waals surface area contributed by atoms with Gasteiger partial charge < -0.3 is 4.89 Å². The monoisotopic (exact) mass is 185 g/mol. The first-order chi connectivity index (χ1) is 6.43. The first-order valence-electron chi connectivity index (χ1n) is 4.04. The molecule has 0 radical (unpaired) electrons. The highest BCUT2D eigenvalue weighted by Gasteiger charge is 2.16. The highest BCUT2D eigenvalue weighted by Crippen LogP contribution is 2.20. The van der Waals surface area contributed by atoms with Crippen molar-refractivity contribution in [3.05, 3.63) is 0 Å². The topological polar surface area (TPSA) is 91.8 Å². The third-order valence-electron chi connectivity index (χ3n) is 1.72. The molecule has 1 aliphatic rings. The van der Waals surface area contributed by atoms with E-state index in [0.717, 1.165) is 19.2 Å². The summed E-state index contributed by atoms with van der Waals surface area (Å²) >= 11 is 0. The van der Waals surface area contributed by atoms with Crippen molar-refractivity contribution in [2.24, 2.45) is 20.8 Å². The molecule has 1 fully saturated rings. The summed E-state index contributed by atoms with van der Waals surface area (Å²) in [4.78, 5) is 9.57. The number of nitrogens with zero attached hydrogens (tertiary/aromatic N) is 4. The highest BCUT2D eigenvalue weighted by molar-refractivity contribution is 5.44. The maximum atomic E-state index is 6.24. The van der Waals surface area contributed by atoms with Crippen molar-refractivity contribution in [2.45, 2.75) is 31.8 Å². The molecule has 0 bridgehead atoms. The Morgan fingerprint density at radius 2 is 2.00 bits per heavy atom. The third kappa shape index (κ3) is 4.26. The molecule has 0 atom stereocenters. The predicted octanol–water partition coefficient (Wildman–Crippen LogP) is 2.22. The number of hydrogen-bond donors (Lipinski definition) is 1. The summed E-state index contributed by atoms with van der Waals surface area (Å²) in [7, 11) is 0. The van der Waals surface area contributed by atoms with E-state index in [1.807, 2.05) is 0 Å². The molecule has 1 aliphatic carbocycles. The summed E-state index contributed by atoms with van der Waals surface area (Å²) in [6.45, 7) is 0. The smallest absolute Gasteiger partial charge is 0.241 e. The van der Waals surface area contributed by atoms with E-state index in [-0.39, 0.29) is 6.10 Å². The van der Waals surface area contributed by atoms with Crippen molar-refractivity contribution in [1.29, 1.82) is 5.53 Å². The standard InChI is InChI=1S/C6H11N5O2/c7-9-11-10-8-5-12-13-6-3-1-2-4-6/h5-7H,1-4H2. The number of nitrogens with one attached hydrogen (secondary N) is 1. The second-order valence-corrected chi connectivity index (χ2v) is 2.60. The van der Waals surface area contributed by atoms with Crippen LogP contribution in [0.5, 0.6) is 0 Å². The Hall–Kier alpha value is -1.37. The molecule has 0 heterocycles. The second kappa shape index (κ2) is 6.18. The van der Waals surface area contributed by atoms with Crippen molar-refractivity contribution >= 4 is 6.40 Å². The summed E-state index contributed by atoms with van der Waals surface area (Å²) in [6, 6.07) is 0. The van der Waals surface area contributed by atoms with E-state index in [2.05, 4.69) is 25.7 Å². The van der Waals surface area contributed by atoms with Gasteiger partial charge in [-0.15, -0.1) is 0 Å². The van der Waals surface area contributed by atoms with E-state index in [1.54, 1.807) is 0 Å². The minimum Gasteiger partial charge on any atom is -0.323 e. The van der Waals surface area contributed by atoms with E-state index in [9.17, 15) is 0 Å². The van der Waals surface area contributed by atoms with Gasteiger partial charge in [-0.05, 0) is 28.5 Å². The van der Waals surface area contributed by atoms with Crippen molar-refractivity contribution < 1.29 is 9.78 Å². The molecule has 1 saturated carbocycles. The van der Waals surface area contributed by atoms with Crippen LogP contribution in [0.3, 0.4) is 0 Å². The summed E-state index contributed by atoms with van der Waals surface area (Å²) in [5, 5.41) is 11.9. The zero-order valence-electron chi connectivity index (χ0n) is 7.09. The van der Waals surface area contributed by atoms with Gasteiger partial charge >= 0.3 is 0 Å². The molecule has 0 saturated heterocycles. The van der Waals surface area contributed by atoms with Gasteiger partial charge in [-0.2, -0.15) is 10.4 Å². The first kappa shape index (κ1) is 9.72. The van der Waals surface area contributed by atoms with Gasteiger partial charge in [-0.25, -0.2) is 0 Å². The molecule has 72 valence electrons. The second-order valence-electron chi connectivity index (χ2n) is 2.60. The molecular formula is C6H11N5O2. The van der Waals surface area contributed by atoms with E-state index in [4.69, 9.17) is 10.4 Å². The van der Waals surface area contributed by atoms with Crippen LogP contribution in [0.15, 0.2) is 20.8 Å². The van der Waals surface area contributed by atoms with Crippen LogP contribution in [-0.4, -0.2) is 12.5 Å². The largest absolute Gasteiger partial charge is 0.323 e. The molecule has 1 N–H and O–H groups in total. The van der Waals surface area contributed by atoms with E-state index in [0.29, 0.717) is 0 Å². The number of hydrogen-bond acceptors (Lipinski definition) is 4. The van der Waals surface area contributed by atoms with Crippen LogP contribution in [0.4, 0.5) is 0 Å². The van der Waals surface area contributed by atoms with E-state index in [1.165, 1.54) is 12.8 Å². The fourth-order valence-electron chi connectivity index (χ4n) is 1.17. The van der Waals surface area contributed by atoms with Crippen LogP contribution in [0.1, 0.15) is 25.7 Å². The number of rotatable bonds is 5. The lowest BCUT2D eigenvalue weighted by molar-refractivity contribution is -0.251. The average molecular weight is 185 g/mol. The molecular weight excluding hydrogens is 174 g/mol. The van der Waals surface area contributed by atoms with Crippen LogP contribution < -0.4 is 0 Å². The van der Waals surface area contributed by atoms with Gasteiger partial charge in [0.1, 0.15) is 6.10 Å². The van der Waals surface area contributed by atoms with Crippen LogP contribution in [0, 0.1) is 5.53 Å². The first-order valence-corrected chi connectivity index (χ1v) is 4.04. The minimum atomic E-state index is 0.171. The molecule has 0 amide bonds. The van der Waals surface area contributed by atoms with Gasteiger partial charge in [0, 0.05) is 0 Å². The Kier molecular flexibility index (Phi) is 4.62. The zero-order chi connectivity index (χ0) is 9.36. The fraction of sp³-hybridized carbons (Fsp3) is 0.833. The normalized spacial score (nSPS) is 18.8. The average Bonchev–Trinajstić information content (AvgIpc) is 2.63. The molecule has 0 spiro atoms. The quantitative estimate of drug-likeness (QED) is 0.234. The molecule has 7 heteroatoms. The van der Waals surface area contributed by atoms with Crippen LogP contribution in [0.25, 0.3) is 0 Å². The van der Waals surface area contributed by atoms with Crippen molar-refractivity contribution in [3.8, 4) is 0 Å². The molecule has 13 heavy (non-hydrogen) atoms.